The Bertz CT molecular complexity index is 962. The number of carbonyl (C=O) groups excluding carboxylic acids is 2. The zero-order chi connectivity index (χ0) is 17.9. The monoisotopic (exact) mass is 326 g/mol. The molecule has 0 unspecified atom stereocenters. The minimum absolute atomic E-state index is 0.0456. The number of ketones is 1. The van der Waals surface area contributed by atoms with Gasteiger partial charge in [-0.2, -0.15) is 10.4 Å². The van der Waals surface area contributed by atoms with Crippen LogP contribution < -0.4 is 11.3 Å². The summed E-state index contributed by atoms with van der Waals surface area (Å²) in [4.78, 5) is 36.1. The second-order valence-corrected chi connectivity index (χ2v) is 4.99. The molecule has 8 heteroatoms. The number of esters is 1. The van der Waals surface area contributed by atoms with Crippen molar-refractivity contribution in [2.45, 2.75) is 6.92 Å². The summed E-state index contributed by atoms with van der Waals surface area (Å²) in [5.41, 5.74) is 4.76. The van der Waals surface area contributed by atoms with Crippen molar-refractivity contribution in [1.29, 1.82) is 5.26 Å². The van der Waals surface area contributed by atoms with Gasteiger partial charge in [0.2, 0.25) is 5.78 Å². The van der Waals surface area contributed by atoms with E-state index < -0.39 is 18.4 Å². The first-order valence-electron chi connectivity index (χ1n) is 6.89. The van der Waals surface area contributed by atoms with Crippen molar-refractivity contribution in [2.75, 3.05) is 6.61 Å². The highest BCUT2D eigenvalue weighted by Crippen LogP contribution is 2.14. The zero-order valence-electron chi connectivity index (χ0n) is 13.1. The molecule has 24 heavy (non-hydrogen) atoms. The van der Waals surface area contributed by atoms with E-state index in [0.717, 1.165) is 4.68 Å². The lowest BCUT2D eigenvalue weighted by Crippen LogP contribution is -2.25. The minimum Gasteiger partial charge on any atom is -0.452 e. The number of hydrogen-bond donors (Lipinski definition) is 1. The normalized spacial score (nSPS) is 11.5. The molecule has 1 aromatic heterocycles. The molecule has 2 aromatic rings. The molecule has 0 radical (unpaired) electrons. The Kier molecular flexibility index (Phi) is 4.75. The van der Waals surface area contributed by atoms with Crippen LogP contribution in [0.1, 0.15) is 17.4 Å². The van der Waals surface area contributed by atoms with Gasteiger partial charge in [-0.05, 0) is 13.0 Å². The van der Waals surface area contributed by atoms with Gasteiger partial charge in [0.1, 0.15) is 11.6 Å². The maximum Gasteiger partial charge on any atom is 0.359 e. The van der Waals surface area contributed by atoms with Gasteiger partial charge >= 0.3 is 5.97 Å². The van der Waals surface area contributed by atoms with Crippen LogP contribution in [0.3, 0.4) is 0 Å². The summed E-state index contributed by atoms with van der Waals surface area (Å²) in [6.07, 6.45) is 0. The Balaban J connectivity index is 2.32. The summed E-state index contributed by atoms with van der Waals surface area (Å²) in [7, 11) is 1.41. The van der Waals surface area contributed by atoms with Crippen molar-refractivity contribution in [3.05, 3.63) is 51.6 Å². The molecule has 2 rings (SSSR count). The number of allylic oxidation sites excluding steroid dienone is 1. The maximum atomic E-state index is 12.2. The molecule has 0 fully saturated rings. The average Bonchev–Trinajstić information content (AvgIpc) is 2.56. The largest absolute Gasteiger partial charge is 0.452 e. The van der Waals surface area contributed by atoms with Crippen LogP contribution >= 0.6 is 0 Å². The van der Waals surface area contributed by atoms with Crippen LogP contribution in [0.25, 0.3) is 10.8 Å². The molecule has 1 heterocycles. The third-order valence-electron chi connectivity index (χ3n) is 3.27. The van der Waals surface area contributed by atoms with Crippen LogP contribution in [0.5, 0.6) is 0 Å². The molecule has 8 nitrogen and oxygen atoms in total. The predicted molar refractivity (Wildman–Crippen MR) is 84.8 cm³/mol. The maximum absolute atomic E-state index is 12.2. The van der Waals surface area contributed by atoms with Crippen LogP contribution in [0.15, 0.2) is 40.3 Å². The van der Waals surface area contributed by atoms with Crippen molar-refractivity contribution in [1.82, 2.24) is 9.78 Å². The molecule has 0 aliphatic carbocycles. The lowest BCUT2D eigenvalue weighted by Gasteiger charge is -2.08. The number of ether oxygens (including phenoxy) is 1. The quantitative estimate of drug-likeness (QED) is 0.489. The van der Waals surface area contributed by atoms with Crippen molar-refractivity contribution < 1.29 is 14.3 Å². The molecule has 1 aromatic carbocycles. The standard InChI is InChI=1S/C16H14N4O4/c1-9(18)12(7-17)13(21)8-24-16(23)14-10-5-3-4-6-11(10)15(22)20(2)19-14/h3-6H,8,18H2,1-2H3/b12-9+. The van der Waals surface area contributed by atoms with E-state index in [-0.39, 0.29) is 22.5 Å². The van der Waals surface area contributed by atoms with Crippen LogP contribution in [0, 0.1) is 11.3 Å². The Hall–Kier alpha value is -3.47. The Morgan fingerprint density at radius 3 is 2.54 bits per heavy atom. The first kappa shape index (κ1) is 16.9. The van der Waals surface area contributed by atoms with Gasteiger partial charge in [0.15, 0.2) is 12.3 Å². The molecule has 0 amide bonds. The lowest BCUT2D eigenvalue weighted by atomic mass is 10.1. The Labute approximate surface area is 136 Å². The third kappa shape index (κ3) is 3.15. The Morgan fingerprint density at radius 1 is 1.33 bits per heavy atom. The Morgan fingerprint density at radius 2 is 1.96 bits per heavy atom. The number of Topliss-reactive ketones (excluding diaryl/α,β-unsaturated/α-hetero) is 1. The van der Waals surface area contributed by atoms with Gasteiger partial charge in [-0.25, -0.2) is 9.48 Å². The van der Waals surface area contributed by atoms with E-state index in [0.29, 0.717) is 10.8 Å². The number of aromatic nitrogens is 2. The number of nitrogens with zero attached hydrogens (tertiary/aromatic N) is 3. The third-order valence-corrected chi connectivity index (χ3v) is 3.27. The highest BCUT2D eigenvalue weighted by Gasteiger charge is 2.19. The number of fused-ring (bicyclic) bond motifs is 1. The first-order chi connectivity index (χ1) is 11.4. The summed E-state index contributed by atoms with van der Waals surface area (Å²) < 4.78 is 5.94. The molecule has 0 saturated heterocycles. The van der Waals surface area contributed by atoms with Gasteiger partial charge < -0.3 is 10.5 Å². The van der Waals surface area contributed by atoms with E-state index in [1.807, 2.05) is 0 Å². The van der Waals surface area contributed by atoms with Crippen molar-refractivity contribution in [3.8, 4) is 6.07 Å². The zero-order valence-corrected chi connectivity index (χ0v) is 13.1. The fourth-order valence-corrected chi connectivity index (χ4v) is 2.09. The fourth-order valence-electron chi connectivity index (χ4n) is 2.09. The van der Waals surface area contributed by atoms with Crippen molar-refractivity contribution >= 4 is 22.5 Å². The SMILES string of the molecule is C/C(N)=C(/C#N)C(=O)COC(=O)c1nn(C)c(=O)c2ccccc12. The van der Waals surface area contributed by atoms with Crippen molar-refractivity contribution in [2.24, 2.45) is 12.8 Å². The molecular weight excluding hydrogens is 312 g/mol. The van der Waals surface area contributed by atoms with Gasteiger partial charge in [-0.1, -0.05) is 18.2 Å². The van der Waals surface area contributed by atoms with Crippen molar-refractivity contribution in [3.63, 3.8) is 0 Å². The molecule has 0 aliphatic rings. The predicted octanol–water partition coefficient (Wildman–Crippen LogP) is 0.416. The minimum atomic E-state index is -0.873. The van der Waals surface area contributed by atoms with Gasteiger partial charge in [0.25, 0.3) is 5.56 Å². The van der Waals surface area contributed by atoms with E-state index in [1.54, 1.807) is 30.3 Å². The second kappa shape index (κ2) is 6.75. The summed E-state index contributed by atoms with van der Waals surface area (Å²) >= 11 is 0. The van der Waals surface area contributed by atoms with E-state index >= 15 is 0 Å². The fraction of sp³-hybridized carbons (Fsp3) is 0.188. The number of benzene rings is 1. The van der Waals surface area contributed by atoms with E-state index in [2.05, 4.69) is 5.10 Å². The second-order valence-electron chi connectivity index (χ2n) is 4.99. The number of carbonyl (C=O) groups is 2. The van der Waals surface area contributed by atoms with Gasteiger partial charge in [0.05, 0.1) is 5.39 Å². The lowest BCUT2D eigenvalue weighted by molar-refractivity contribution is -0.118. The summed E-state index contributed by atoms with van der Waals surface area (Å²) in [5.74, 6) is -1.58. The topological polar surface area (TPSA) is 128 Å². The average molecular weight is 326 g/mol. The first-order valence-corrected chi connectivity index (χ1v) is 6.89. The molecular formula is C16H14N4O4. The van der Waals surface area contributed by atoms with E-state index in [1.165, 1.54) is 14.0 Å². The summed E-state index contributed by atoms with van der Waals surface area (Å²) in [6.45, 7) is 0.759. The highest BCUT2D eigenvalue weighted by atomic mass is 16.5. The molecule has 0 saturated carbocycles. The summed E-state index contributed by atoms with van der Waals surface area (Å²) in [5, 5.41) is 13.4. The summed E-state index contributed by atoms with van der Waals surface area (Å²) in [6, 6.07) is 8.11. The van der Waals surface area contributed by atoms with E-state index in [9.17, 15) is 14.4 Å². The number of rotatable bonds is 4. The number of aryl methyl sites for hydroxylation is 1. The molecule has 0 bridgehead atoms. The van der Waals surface area contributed by atoms with Gasteiger partial charge in [-0.15, -0.1) is 0 Å². The number of nitrogens with two attached hydrogens (primary N) is 1. The smallest absolute Gasteiger partial charge is 0.359 e. The molecule has 0 aliphatic heterocycles. The van der Waals surface area contributed by atoms with Crippen LogP contribution in [0.2, 0.25) is 0 Å². The van der Waals surface area contributed by atoms with Crippen LogP contribution in [0.4, 0.5) is 0 Å². The van der Waals surface area contributed by atoms with Gasteiger partial charge in [0, 0.05) is 18.1 Å². The molecule has 2 N–H and O–H groups in total. The molecule has 0 spiro atoms. The van der Waals surface area contributed by atoms with Crippen LogP contribution in [-0.2, 0) is 16.6 Å². The molecule has 122 valence electrons. The number of nitriles is 1. The molecule has 0 atom stereocenters. The highest BCUT2D eigenvalue weighted by molar-refractivity contribution is 6.05. The number of hydrogen-bond acceptors (Lipinski definition) is 7. The van der Waals surface area contributed by atoms with Gasteiger partial charge in [-0.3, -0.25) is 9.59 Å². The van der Waals surface area contributed by atoms with E-state index in [4.69, 9.17) is 15.7 Å². The van der Waals surface area contributed by atoms with Crippen LogP contribution in [-0.4, -0.2) is 28.1 Å².